The fraction of sp³-hybridized carbons (Fsp3) is 0.667. The van der Waals surface area contributed by atoms with E-state index in [1.165, 1.54) is 24.6 Å². The van der Waals surface area contributed by atoms with Crippen LogP contribution < -0.4 is 0 Å². The molecule has 1 aromatic heterocycles. The average molecular weight is 142 g/mol. The zero-order chi connectivity index (χ0) is 6.53. The summed E-state index contributed by atoms with van der Waals surface area (Å²) < 4.78 is 7.99. The molecule has 0 bridgehead atoms. The Morgan fingerprint density at radius 2 is 2.56 bits per heavy atom. The Labute approximate surface area is 59.3 Å². The van der Waals surface area contributed by atoms with Crippen LogP contribution in [0.5, 0.6) is 0 Å². The molecule has 0 saturated carbocycles. The summed E-state index contributed by atoms with van der Waals surface area (Å²) in [5.74, 6) is 0. The molecule has 1 rings (SSSR count). The third-order valence-electron chi connectivity index (χ3n) is 1.19. The molecular weight excluding hydrogens is 132 g/mol. The first-order chi connectivity index (χ1) is 4.43. The second-order valence-corrected chi connectivity index (χ2v) is 2.56. The lowest BCUT2D eigenvalue weighted by Crippen LogP contribution is -1.81. The smallest absolute Gasteiger partial charge is 0.0743 e. The Balaban J connectivity index is 2.30. The molecule has 9 heavy (non-hydrogen) atoms. The van der Waals surface area contributed by atoms with Crippen molar-refractivity contribution in [3.05, 3.63) is 11.9 Å². The predicted molar refractivity (Wildman–Crippen MR) is 38.5 cm³/mol. The zero-order valence-electron chi connectivity index (χ0n) is 5.50. The Kier molecular flexibility index (Phi) is 2.64. The third kappa shape index (κ3) is 2.10. The van der Waals surface area contributed by atoms with E-state index in [2.05, 4.69) is 15.7 Å². The minimum absolute atomic E-state index is 1.09. The third-order valence-corrected chi connectivity index (χ3v) is 1.71. The lowest BCUT2D eigenvalue weighted by molar-refractivity contribution is 0.783. The summed E-state index contributed by atoms with van der Waals surface area (Å²) >= 11 is 1.29. The van der Waals surface area contributed by atoms with Gasteiger partial charge in [-0.1, -0.05) is 13.3 Å². The second-order valence-electron chi connectivity index (χ2n) is 2.00. The summed E-state index contributed by atoms with van der Waals surface area (Å²) in [6.07, 6.45) is 5.40. The number of hydrogen-bond donors (Lipinski definition) is 0. The molecule has 0 amide bonds. The maximum Gasteiger partial charge on any atom is 0.0743 e. The van der Waals surface area contributed by atoms with Crippen LogP contribution in [0.25, 0.3) is 0 Å². The van der Waals surface area contributed by atoms with E-state index in [-0.39, 0.29) is 0 Å². The lowest BCUT2D eigenvalue weighted by Gasteiger charge is -1.88. The summed E-state index contributed by atoms with van der Waals surface area (Å²) in [4.78, 5) is 0. The highest BCUT2D eigenvalue weighted by molar-refractivity contribution is 6.99. The van der Waals surface area contributed by atoms with Crippen molar-refractivity contribution in [3.8, 4) is 0 Å². The normalized spacial score (nSPS) is 9.89. The van der Waals surface area contributed by atoms with Crippen LogP contribution in [0.3, 0.4) is 0 Å². The van der Waals surface area contributed by atoms with Gasteiger partial charge in [0.05, 0.1) is 23.6 Å². The van der Waals surface area contributed by atoms with E-state index in [4.69, 9.17) is 0 Å². The van der Waals surface area contributed by atoms with E-state index in [0.717, 1.165) is 12.1 Å². The molecule has 0 aliphatic rings. The van der Waals surface area contributed by atoms with Gasteiger partial charge in [-0.05, 0) is 12.8 Å². The van der Waals surface area contributed by atoms with Crippen molar-refractivity contribution in [2.24, 2.45) is 0 Å². The molecule has 0 saturated heterocycles. The number of aromatic nitrogens is 2. The van der Waals surface area contributed by atoms with Gasteiger partial charge in [0.25, 0.3) is 0 Å². The molecule has 0 N–H and O–H groups in total. The van der Waals surface area contributed by atoms with E-state index >= 15 is 0 Å². The quantitative estimate of drug-likeness (QED) is 0.644. The first-order valence-corrected chi connectivity index (χ1v) is 3.93. The van der Waals surface area contributed by atoms with Crippen LogP contribution >= 0.6 is 11.7 Å². The largest absolute Gasteiger partial charge is 0.181 e. The molecule has 0 radical (unpaired) electrons. The predicted octanol–water partition coefficient (Wildman–Crippen LogP) is 1.88. The van der Waals surface area contributed by atoms with Gasteiger partial charge in [-0.2, -0.15) is 8.75 Å². The zero-order valence-corrected chi connectivity index (χ0v) is 6.32. The maximum atomic E-state index is 4.08. The van der Waals surface area contributed by atoms with Gasteiger partial charge in [0.15, 0.2) is 0 Å². The van der Waals surface area contributed by atoms with Crippen molar-refractivity contribution in [1.29, 1.82) is 0 Å². The fourth-order valence-electron chi connectivity index (χ4n) is 0.652. The molecule has 0 aliphatic heterocycles. The van der Waals surface area contributed by atoms with E-state index in [1.807, 2.05) is 6.20 Å². The van der Waals surface area contributed by atoms with Crippen molar-refractivity contribution in [2.75, 3.05) is 0 Å². The summed E-state index contributed by atoms with van der Waals surface area (Å²) in [6, 6.07) is 0. The number of hydrogen-bond acceptors (Lipinski definition) is 3. The van der Waals surface area contributed by atoms with Crippen LogP contribution in [0.15, 0.2) is 6.20 Å². The standard InChI is InChI=1S/C6H10N2S/c1-2-3-4-6-5-7-9-8-6/h5H,2-4H2,1H3. The molecule has 3 heteroatoms. The van der Waals surface area contributed by atoms with E-state index < -0.39 is 0 Å². The van der Waals surface area contributed by atoms with Gasteiger partial charge in [0, 0.05) is 0 Å². The number of unbranched alkanes of at least 4 members (excludes halogenated alkanes) is 1. The summed E-state index contributed by atoms with van der Waals surface area (Å²) in [7, 11) is 0. The molecule has 1 heterocycles. The van der Waals surface area contributed by atoms with Crippen LogP contribution in [-0.4, -0.2) is 8.75 Å². The molecule has 0 aliphatic carbocycles. The molecule has 2 nitrogen and oxygen atoms in total. The van der Waals surface area contributed by atoms with E-state index in [9.17, 15) is 0 Å². The summed E-state index contributed by atoms with van der Waals surface area (Å²) in [5.41, 5.74) is 1.14. The van der Waals surface area contributed by atoms with Crippen LogP contribution in [0.4, 0.5) is 0 Å². The summed E-state index contributed by atoms with van der Waals surface area (Å²) in [6.45, 7) is 2.18. The van der Waals surface area contributed by atoms with Gasteiger partial charge in [-0.15, -0.1) is 0 Å². The van der Waals surface area contributed by atoms with Crippen molar-refractivity contribution < 1.29 is 0 Å². The van der Waals surface area contributed by atoms with Gasteiger partial charge in [0.1, 0.15) is 0 Å². The number of nitrogens with zero attached hydrogens (tertiary/aromatic N) is 2. The monoisotopic (exact) mass is 142 g/mol. The van der Waals surface area contributed by atoms with Crippen LogP contribution in [0.1, 0.15) is 25.5 Å². The van der Waals surface area contributed by atoms with Gasteiger partial charge < -0.3 is 0 Å². The van der Waals surface area contributed by atoms with Crippen molar-refractivity contribution in [1.82, 2.24) is 8.75 Å². The van der Waals surface area contributed by atoms with Gasteiger partial charge in [0.2, 0.25) is 0 Å². The molecule has 50 valence electrons. The Hall–Kier alpha value is -0.440. The number of aryl methyl sites for hydroxylation is 1. The topological polar surface area (TPSA) is 25.8 Å². The fourth-order valence-corrected chi connectivity index (χ4v) is 1.11. The SMILES string of the molecule is CCCCc1cnsn1. The van der Waals surface area contributed by atoms with Crippen LogP contribution in [0, 0.1) is 0 Å². The summed E-state index contributed by atoms with van der Waals surface area (Å²) in [5, 5.41) is 0. The molecule has 0 aromatic carbocycles. The Morgan fingerprint density at radius 1 is 1.67 bits per heavy atom. The highest BCUT2D eigenvalue weighted by atomic mass is 32.1. The van der Waals surface area contributed by atoms with Gasteiger partial charge in [-0.25, -0.2) is 0 Å². The van der Waals surface area contributed by atoms with Gasteiger partial charge >= 0.3 is 0 Å². The highest BCUT2D eigenvalue weighted by Crippen LogP contribution is 2.00. The molecule has 0 fully saturated rings. The van der Waals surface area contributed by atoms with Crippen molar-refractivity contribution in [2.45, 2.75) is 26.2 Å². The average Bonchev–Trinajstić information content (AvgIpc) is 2.34. The minimum atomic E-state index is 1.09. The first kappa shape index (κ1) is 6.68. The lowest BCUT2D eigenvalue weighted by atomic mass is 10.2. The van der Waals surface area contributed by atoms with Crippen LogP contribution in [0.2, 0.25) is 0 Å². The number of rotatable bonds is 3. The Bertz CT molecular complexity index is 148. The van der Waals surface area contributed by atoms with Crippen molar-refractivity contribution in [3.63, 3.8) is 0 Å². The molecular formula is C6H10N2S. The van der Waals surface area contributed by atoms with E-state index in [1.54, 1.807) is 0 Å². The second kappa shape index (κ2) is 3.56. The van der Waals surface area contributed by atoms with Gasteiger partial charge in [-0.3, -0.25) is 0 Å². The molecule has 0 spiro atoms. The Morgan fingerprint density at radius 3 is 3.11 bits per heavy atom. The minimum Gasteiger partial charge on any atom is -0.181 e. The van der Waals surface area contributed by atoms with E-state index in [0.29, 0.717) is 0 Å². The van der Waals surface area contributed by atoms with Crippen molar-refractivity contribution >= 4 is 11.7 Å². The highest BCUT2D eigenvalue weighted by Gasteiger charge is 1.92. The molecule has 1 aromatic rings. The molecule has 0 unspecified atom stereocenters. The maximum absolute atomic E-state index is 4.08. The van der Waals surface area contributed by atoms with Crippen LogP contribution in [-0.2, 0) is 6.42 Å². The molecule has 0 atom stereocenters. The first-order valence-electron chi connectivity index (χ1n) is 3.20.